The Balaban J connectivity index is 1.43. The number of nitrogens with zero attached hydrogens (tertiary/aromatic N) is 3. The SMILES string of the molecule is Cc1cnc(NC(=O)Nc2cc(Cl)ccc2OCCCNC(=O)[C@@H](N)Cc2ccc(N(C)C)cc2)cn1. The van der Waals surface area contributed by atoms with E-state index in [1.54, 1.807) is 31.3 Å². The van der Waals surface area contributed by atoms with Crippen molar-refractivity contribution in [3.63, 3.8) is 0 Å². The Bertz CT molecular complexity index is 1190. The number of anilines is 3. The van der Waals surface area contributed by atoms with Crippen molar-refractivity contribution in [1.82, 2.24) is 15.3 Å². The smallest absolute Gasteiger partial charge is 0.325 e. The second-order valence-corrected chi connectivity index (χ2v) is 9.06. The summed E-state index contributed by atoms with van der Waals surface area (Å²) < 4.78 is 5.81. The Morgan fingerprint density at radius 2 is 1.84 bits per heavy atom. The van der Waals surface area contributed by atoms with E-state index >= 15 is 0 Å². The lowest BCUT2D eigenvalue weighted by atomic mass is 10.1. The van der Waals surface area contributed by atoms with Gasteiger partial charge in [-0.1, -0.05) is 23.7 Å². The van der Waals surface area contributed by atoms with Crippen molar-refractivity contribution in [1.29, 1.82) is 0 Å². The fourth-order valence-electron chi connectivity index (χ4n) is 3.33. The molecule has 0 spiro atoms. The van der Waals surface area contributed by atoms with Crippen LogP contribution in [-0.4, -0.2) is 55.2 Å². The number of rotatable bonds is 11. The summed E-state index contributed by atoms with van der Waals surface area (Å²) in [5.41, 5.74) is 9.30. The lowest BCUT2D eigenvalue weighted by Crippen LogP contribution is -2.42. The zero-order valence-electron chi connectivity index (χ0n) is 21.1. The molecule has 0 radical (unpaired) electrons. The average molecular weight is 526 g/mol. The van der Waals surface area contributed by atoms with E-state index in [1.165, 1.54) is 6.20 Å². The molecule has 1 heterocycles. The summed E-state index contributed by atoms with van der Waals surface area (Å²) in [7, 11) is 3.95. The van der Waals surface area contributed by atoms with Crippen LogP contribution in [0, 0.1) is 6.92 Å². The second-order valence-electron chi connectivity index (χ2n) is 8.63. The van der Waals surface area contributed by atoms with Gasteiger partial charge in [0.15, 0.2) is 5.82 Å². The largest absolute Gasteiger partial charge is 0.491 e. The van der Waals surface area contributed by atoms with E-state index < -0.39 is 12.1 Å². The maximum atomic E-state index is 12.4. The van der Waals surface area contributed by atoms with Gasteiger partial charge in [-0.3, -0.25) is 15.1 Å². The first-order valence-electron chi connectivity index (χ1n) is 11.8. The number of urea groups is 1. The van der Waals surface area contributed by atoms with Crippen LogP contribution in [0.4, 0.5) is 22.0 Å². The van der Waals surface area contributed by atoms with Crippen molar-refractivity contribution in [2.45, 2.75) is 25.8 Å². The number of carbonyl (C=O) groups is 2. The Morgan fingerprint density at radius 1 is 1.08 bits per heavy atom. The van der Waals surface area contributed by atoms with Crippen molar-refractivity contribution in [3.05, 3.63) is 71.1 Å². The van der Waals surface area contributed by atoms with Gasteiger partial charge in [-0.15, -0.1) is 0 Å². The molecule has 1 atom stereocenters. The molecule has 3 aromatic rings. The molecule has 0 unspecified atom stereocenters. The van der Waals surface area contributed by atoms with Crippen molar-refractivity contribution in [2.75, 3.05) is 42.8 Å². The van der Waals surface area contributed by atoms with Crippen LogP contribution < -0.4 is 31.3 Å². The van der Waals surface area contributed by atoms with E-state index in [-0.39, 0.29) is 5.91 Å². The van der Waals surface area contributed by atoms with Crippen LogP contribution >= 0.6 is 11.6 Å². The Hall–Kier alpha value is -3.89. The molecule has 10 nitrogen and oxygen atoms in total. The van der Waals surface area contributed by atoms with Gasteiger partial charge in [-0.25, -0.2) is 9.78 Å². The minimum absolute atomic E-state index is 0.221. The molecule has 3 rings (SSSR count). The summed E-state index contributed by atoms with van der Waals surface area (Å²) in [6, 6.07) is 11.7. The fraction of sp³-hybridized carbons (Fsp3) is 0.308. The van der Waals surface area contributed by atoms with Gasteiger partial charge in [0.25, 0.3) is 0 Å². The van der Waals surface area contributed by atoms with E-state index in [9.17, 15) is 9.59 Å². The maximum absolute atomic E-state index is 12.4. The highest BCUT2D eigenvalue weighted by Crippen LogP contribution is 2.28. The van der Waals surface area contributed by atoms with E-state index in [4.69, 9.17) is 22.1 Å². The molecule has 0 fully saturated rings. The summed E-state index contributed by atoms with van der Waals surface area (Å²) in [4.78, 5) is 34.9. The van der Waals surface area contributed by atoms with Crippen LogP contribution in [0.5, 0.6) is 5.75 Å². The number of nitrogens with two attached hydrogens (primary N) is 1. The minimum atomic E-state index is -0.644. The van der Waals surface area contributed by atoms with Crippen LogP contribution in [-0.2, 0) is 11.2 Å². The van der Waals surface area contributed by atoms with Crippen LogP contribution in [0.15, 0.2) is 54.9 Å². The molecule has 2 aromatic carbocycles. The van der Waals surface area contributed by atoms with Crippen molar-refractivity contribution >= 4 is 40.7 Å². The summed E-state index contributed by atoms with van der Waals surface area (Å²) in [5, 5.41) is 8.59. The molecule has 37 heavy (non-hydrogen) atoms. The molecule has 196 valence electrons. The van der Waals surface area contributed by atoms with Gasteiger partial charge >= 0.3 is 6.03 Å². The number of hydrogen-bond acceptors (Lipinski definition) is 7. The summed E-state index contributed by atoms with van der Waals surface area (Å²) in [6.07, 6.45) is 4.01. The maximum Gasteiger partial charge on any atom is 0.325 e. The van der Waals surface area contributed by atoms with Crippen molar-refractivity contribution in [2.24, 2.45) is 5.73 Å². The molecular weight excluding hydrogens is 494 g/mol. The molecular formula is C26H32ClN7O3. The molecule has 0 aliphatic carbocycles. The summed E-state index contributed by atoms with van der Waals surface area (Å²) in [6.45, 7) is 2.51. The van der Waals surface area contributed by atoms with Gasteiger partial charge in [0, 0.05) is 31.4 Å². The molecule has 0 aliphatic heterocycles. The normalized spacial score (nSPS) is 11.4. The van der Waals surface area contributed by atoms with Gasteiger partial charge in [0.2, 0.25) is 5.91 Å². The first-order valence-corrected chi connectivity index (χ1v) is 12.2. The van der Waals surface area contributed by atoms with Gasteiger partial charge in [-0.2, -0.15) is 0 Å². The number of nitrogens with one attached hydrogen (secondary N) is 3. The number of ether oxygens (including phenoxy) is 1. The van der Waals surface area contributed by atoms with E-state index in [0.29, 0.717) is 48.3 Å². The van der Waals surface area contributed by atoms with E-state index in [2.05, 4.69) is 25.9 Å². The summed E-state index contributed by atoms with van der Waals surface area (Å²) in [5.74, 6) is 0.535. The molecule has 5 N–H and O–H groups in total. The highest BCUT2D eigenvalue weighted by atomic mass is 35.5. The number of halogens is 1. The van der Waals surface area contributed by atoms with Crippen LogP contribution in [0.2, 0.25) is 5.02 Å². The third-order valence-electron chi connectivity index (χ3n) is 5.34. The first-order chi connectivity index (χ1) is 17.7. The predicted octanol–water partition coefficient (Wildman–Crippen LogP) is 3.60. The Labute approximate surface area is 221 Å². The number of carbonyl (C=O) groups excluding carboxylic acids is 2. The molecule has 0 bridgehead atoms. The number of amides is 3. The van der Waals surface area contributed by atoms with Gasteiger partial charge in [-0.05, 0) is 55.7 Å². The number of aromatic nitrogens is 2. The predicted molar refractivity (Wildman–Crippen MR) is 146 cm³/mol. The number of hydrogen-bond donors (Lipinski definition) is 4. The molecule has 3 amide bonds. The number of benzene rings is 2. The monoisotopic (exact) mass is 525 g/mol. The molecule has 0 saturated heterocycles. The molecule has 0 aliphatic rings. The first kappa shape index (κ1) is 27.7. The highest BCUT2D eigenvalue weighted by molar-refractivity contribution is 6.31. The molecule has 0 saturated carbocycles. The van der Waals surface area contributed by atoms with E-state index in [0.717, 1.165) is 16.9 Å². The third kappa shape index (κ3) is 8.93. The lowest BCUT2D eigenvalue weighted by molar-refractivity contribution is -0.122. The zero-order valence-corrected chi connectivity index (χ0v) is 21.9. The summed E-state index contributed by atoms with van der Waals surface area (Å²) >= 11 is 6.09. The van der Waals surface area contributed by atoms with Crippen LogP contribution in [0.25, 0.3) is 0 Å². The van der Waals surface area contributed by atoms with Crippen LogP contribution in [0.1, 0.15) is 17.7 Å². The lowest BCUT2D eigenvalue weighted by Gasteiger charge is -2.15. The Kier molecular flexibility index (Phi) is 10.0. The van der Waals surface area contributed by atoms with Crippen molar-refractivity contribution < 1.29 is 14.3 Å². The van der Waals surface area contributed by atoms with E-state index in [1.807, 2.05) is 43.3 Å². The van der Waals surface area contributed by atoms with Gasteiger partial charge in [0.05, 0.1) is 36.4 Å². The minimum Gasteiger partial charge on any atom is -0.491 e. The standard InChI is InChI=1S/C26H32ClN7O3/c1-17-15-31-24(16-30-17)33-26(36)32-22-14-19(27)7-10-23(22)37-12-4-11-29-25(35)21(28)13-18-5-8-20(9-6-18)34(2)3/h5-10,14-16,21H,4,11-13,28H2,1-3H3,(H,29,35)(H2,31,32,33,36)/t21-/m0/s1. The molecule has 11 heteroatoms. The van der Waals surface area contributed by atoms with Crippen molar-refractivity contribution in [3.8, 4) is 5.75 Å². The van der Waals surface area contributed by atoms with Crippen LogP contribution in [0.3, 0.4) is 0 Å². The Morgan fingerprint density at radius 3 is 2.51 bits per heavy atom. The quantitative estimate of drug-likeness (QED) is 0.281. The fourth-order valence-corrected chi connectivity index (χ4v) is 3.50. The second kappa shape index (κ2) is 13.4. The third-order valence-corrected chi connectivity index (χ3v) is 5.57. The average Bonchev–Trinajstić information content (AvgIpc) is 2.86. The highest BCUT2D eigenvalue weighted by Gasteiger charge is 2.14. The van der Waals surface area contributed by atoms with Gasteiger partial charge in [0.1, 0.15) is 5.75 Å². The molecule has 1 aromatic heterocycles. The topological polar surface area (TPSA) is 134 Å². The zero-order chi connectivity index (χ0) is 26.8. The number of aryl methyl sites for hydroxylation is 1. The van der Waals surface area contributed by atoms with Gasteiger partial charge < -0.3 is 26.0 Å².